The SMILES string of the molecule is COc1ccc(S(=O)(=O)N2C(=O)C(CCCN3CCN(C)CC3)(c3ccccc3F)c3cc(OC)c(OC)cc32)cc1C. The number of piperazine rings is 1. The van der Waals surface area contributed by atoms with Crippen LogP contribution in [0.15, 0.2) is 59.5 Å². The van der Waals surface area contributed by atoms with E-state index in [1.165, 1.54) is 45.6 Å². The van der Waals surface area contributed by atoms with Crippen LogP contribution in [0.25, 0.3) is 0 Å². The number of carbonyl (C=O) groups excluding carboxylic acids is 1. The molecule has 0 saturated carbocycles. The molecule has 9 nitrogen and oxygen atoms in total. The van der Waals surface area contributed by atoms with Gasteiger partial charge in [-0.15, -0.1) is 0 Å². The van der Waals surface area contributed by atoms with Gasteiger partial charge in [0.2, 0.25) is 0 Å². The molecule has 0 N–H and O–H groups in total. The summed E-state index contributed by atoms with van der Waals surface area (Å²) in [4.78, 5) is 19.3. The standard InChI is InChI=1S/C32H38FN3O6S/c1-22-19-23(11-12-28(22)40-3)43(38,39)36-27-21-30(42-5)29(41-4)20-25(27)32(31(36)37,24-9-6-7-10-26(24)33)13-8-14-35-17-15-34(2)16-18-35/h6-7,9-12,19-21H,8,13-18H2,1-5H3. The number of rotatable bonds is 10. The van der Waals surface area contributed by atoms with Crippen molar-refractivity contribution in [3.63, 3.8) is 0 Å². The number of benzene rings is 3. The first-order valence-electron chi connectivity index (χ1n) is 14.2. The van der Waals surface area contributed by atoms with Gasteiger partial charge in [-0.05, 0) is 69.3 Å². The van der Waals surface area contributed by atoms with Gasteiger partial charge in [-0.1, -0.05) is 18.2 Å². The number of carbonyl (C=O) groups is 1. The molecule has 3 aromatic rings. The fourth-order valence-electron chi connectivity index (χ4n) is 6.21. The summed E-state index contributed by atoms with van der Waals surface area (Å²) >= 11 is 0. The highest BCUT2D eigenvalue weighted by Gasteiger charge is 2.57. The number of likely N-dealkylation sites (N-methyl/N-ethyl adjacent to an activating group) is 1. The molecule has 0 bridgehead atoms. The second-order valence-electron chi connectivity index (χ2n) is 11.1. The second kappa shape index (κ2) is 12.1. The summed E-state index contributed by atoms with van der Waals surface area (Å²) in [6.07, 6.45) is 0.725. The van der Waals surface area contributed by atoms with E-state index < -0.39 is 27.2 Å². The van der Waals surface area contributed by atoms with E-state index in [1.807, 2.05) is 0 Å². The molecule has 1 unspecified atom stereocenters. The number of nitrogens with zero attached hydrogens (tertiary/aromatic N) is 3. The number of hydrogen-bond donors (Lipinski definition) is 0. The Kier molecular flexibility index (Phi) is 8.69. The summed E-state index contributed by atoms with van der Waals surface area (Å²) < 4.78 is 61.7. The van der Waals surface area contributed by atoms with Gasteiger partial charge < -0.3 is 24.0 Å². The topological polar surface area (TPSA) is 88.6 Å². The first-order valence-corrected chi connectivity index (χ1v) is 15.7. The van der Waals surface area contributed by atoms with Crippen LogP contribution in [0.5, 0.6) is 17.2 Å². The van der Waals surface area contributed by atoms with Gasteiger partial charge in [-0.25, -0.2) is 17.1 Å². The van der Waals surface area contributed by atoms with Crippen molar-refractivity contribution >= 4 is 21.6 Å². The third-order valence-corrected chi connectivity index (χ3v) is 10.3. The lowest BCUT2D eigenvalue weighted by Crippen LogP contribution is -2.46. The minimum atomic E-state index is -4.44. The summed E-state index contributed by atoms with van der Waals surface area (Å²) in [5.74, 6) is -0.246. The fraction of sp³-hybridized carbons (Fsp3) is 0.406. The van der Waals surface area contributed by atoms with E-state index in [0.29, 0.717) is 35.6 Å². The van der Waals surface area contributed by atoms with Gasteiger partial charge in [-0.3, -0.25) is 4.79 Å². The van der Waals surface area contributed by atoms with Crippen LogP contribution in [0.3, 0.4) is 0 Å². The molecule has 0 radical (unpaired) electrons. The molecule has 1 amide bonds. The number of amides is 1. The van der Waals surface area contributed by atoms with E-state index >= 15 is 4.39 Å². The van der Waals surface area contributed by atoms with Crippen molar-refractivity contribution in [2.24, 2.45) is 0 Å². The number of anilines is 1. The quantitative estimate of drug-likeness (QED) is 0.337. The Balaban J connectivity index is 1.69. The molecular formula is C32H38FN3O6S. The minimum Gasteiger partial charge on any atom is -0.496 e. The summed E-state index contributed by atoms with van der Waals surface area (Å²) in [5.41, 5.74) is -0.446. The molecule has 0 spiro atoms. The zero-order valence-corrected chi connectivity index (χ0v) is 26.0. The summed E-state index contributed by atoms with van der Waals surface area (Å²) in [6, 6.07) is 13.6. The minimum absolute atomic E-state index is 0.0818. The Bertz CT molecular complexity index is 1620. The molecule has 3 aromatic carbocycles. The van der Waals surface area contributed by atoms with Crippen molar-refractivity contribution in [2.45, 2.75) is 30.1 Å². The highest BCUT2D eigenvalue weighted by atomic mass is 32.2. The van der Waals surface area contributed by atoms with Gasteiger partial charge in [0.1, 0.15) is 17.0 Å². The largest absolute Gasteiger partial charge is 0.496 e. The van der Waals surface area contributed by atoms with E-state index in [4.69, 9.17) is 14.2 Å². The Morgan fingerprint density at radius 1 is 0.860 bits per heavy atom. The molecule has 2 aliphatic rings. The molecule has 11 heteroatoms. The average Bonchev–Trinajstić information content (AvgIpc) is 3.25. The van der Waals surface area contributed by atoms with E-state index in [2.05, 4.69) is 16.8 Å². The van der Waals surface area contributed by atoms with Crippen molar-refractivity contribution in [3.8, 4) is 17.2 Å². The molecular weight excluding hydrogens is 573 g/mol. The maximum atomic E-state index is 15.8. The van der Waals surface area contributed by atoms with Gasteiger partial charge >= 0.3 is 0 Å². The zero-order chi connectivity index (χ0) is 30.9. The number of methoxy groups -OCH3 is 3. The number of ether oxygens (including phenoxy) is 3. The molecule has 0 aliphatic carbocycles. The molecule has 230 valence electrons. The van der Waals surface area contributed by atoms with E-state index in [9.17, 15) is 13.2 Å². The smallest absolute Gasteiger partial charge is 0.270 e. The average molecular weight is 612 g/mol. The third-order valence-electron chi connectivity index (χ3n) is 8.59. The Hall–Kier alpha value is -3.67. The van der Waals surface area contributed by atoms with Crippen LogP contribution in [0, 0.1) is 12.7 Å². The van der Waals surface area contributed by atoms with Crippen molar-refractivity contribution < 1.29 is 31.8 Å². The van der Waals surface area contributed by atoms with Gasteiger partial charge in [0.15, 0.2) is 11.5 Å². The van der Waals surface area contributed by atoms with Crippen LogP contribution in [-0.2, 0) is 20.2 Å². The lowest BCUT2D eigenvalue weighted by atomic mass is 9.71. The van der Waals surface area contributed by atoms with Crippen molar-refractivity contribution in [3.05, 3.63) is 77.1 Å². The molecule has 1 saturated heterocycles. The van der Waals surface area contributed by atoms with Crippen LogP contribution in [0.1, 0.15) is 29.5 Å². The maximum Gasteiger partial charge on any atom is 0.270 e. The van der Waals surface area contributed by atoms with Crippen LogP contribution in [-0.4, -0.2) is 85.2 Å². The van der Waals surface area contributed by atoms with Crippen molar-refractivity contribution in [2.75, 3.05) is 65.4 Å². The van der Waals surface area contributed by atoms with Gasteiger partial charge in [0.25, 0.3) is 15.9 Å². The molecule has 1 fully saturated rings. The highest BCUT2D eigenvalue weighted by molar-refractivity contribution is 7.93. The van der Waals surface area contributed by atoms with Crippen LogP contribution in [0.2, 0.25) is 0 Å². The molecule has 2 heterocycles. The normalized spacial score (nSPS) is 19.4. The lowest BCUT2D eigenvalue weighted by Gasteiger charge is -2.34. The first kappa shape index (κ1) is 30.8. The monoisotopic (exact) mass is 611 g/mol. The molecule has 2 aliphatic heterocycles. The Morgan fingerprint density at radius 3 is 2.14 bits per heavy atom. The first-order chi connectivity index (χ1) is 20.6. The number of halogens is 1. The molecule has 1 atom stereocenters. The summed E-state index contributed by atoms with van der Waals surface area (Å²) in [6.45, 7) is 6.05. The number of sulfonamides is 1. The fourth-order valence-corrected chi connectivity index (χ4v) is 7.78. The zero-order valence-electron chi connectivity index (χ0n) is 25.2. The third kappa shape index (κ3) is 5.34. The second-order valence-corrected chi connectivity index (χ2v) is 12.9. The summed E-state index contributed by atoms with van der Waals surface area (Å²) in [5, 5.41) is 0. The van der Waals surface area contributed by atoms with Gasteiger partial charge in [-0.2, -0.15) is 0 Å². The van der Waals surface area contributed by atoms with Gasteiger partial charge in [0.05, 0.1) is 31.9 Å². The highest BCUT2D eigenvalue weighted by Crippen LogP contribution is 2.54. The van der Waals surface area contributed by atoms with Crippen molar-refractivity contribution in [1.29, 1.82) is 0 Å². The van der Waals surface area contributed by atoms with Gasteiger partial charge in [0, 0.05) is 43.4 Å². The number of aryl methyl sites for hydroxylation is 1. The Morgan fingerprint density at radius 2 is 1.51 bits per heavy atom. The maximum absolute atomic E-state index is 15.8. The van der Waals surface area contributed by atoms with E-state index in [-0.39, 0.29) is 28.3 Å². The molecule has 43 heavy (non-hydrogen) atoms. The summed E-state index contributed by atoms with van der Waals surface area (Å²) in [7, 11) is 2.04. The lowest BCUT2D eigenvalue weighted by molar-refractivity contribution is -0.121. The molecule has 5 rings (SSSR count). The molecule has 0 aromatic heterocycles. The predicted molar refractivity (Wildman–Crippen MR) is 162 cm³/mol. The van der Waals surface area contributed by atoms with Crippen LogP contribution < -0.4 is 18.5 Å². The van der Waals surface area contributed by atoms with E-state index in [1.54, 1.807) is 37.3 Å². The van der Waals surface area contributed by atoms with Crippen molar-refractivity contribution in [1.82, 2.24) is 9.80 Å². The predicted octanol–water partition coefficient (Wildman–Crippen LogP) is 4.21. The number of fused-ring (bicyclic) bond motifs is 1. The number of hydrogen-bond acceptors (Lipinski definition) is 8. The van der Waals surface area contributed by atoms with Crippen LogP contribution >= 0.6 is 0 Å². The Labute approximate surface area is 252 Å². The van der Waals surface area contributed by atoms with E-state index in [0.717, 1.165) is 30.5 Å². The van der Waals surface area contributed by atoms with Crippen LogP contribution in [0.4, 0.5) is 10.1 Å².